The van der Waals surface area contributed by atoms with Crippen LogP contribution < -0.4 is 5.32 Å². The van der Waals surface area contributed by atoms with Gasteiger partial charge in [-0.05, 0) is 61.3 Å². The van der Waals surface area contributed by atoms with Gasteiger partial charge in [0.2, 0.25) is 0 Å². The van der Waals surface area contributed by atoms with Crippen LogP contribution in [-0.2, 0) is 25.9 Å². The van der Waals surface area contributed by atoms with E-state index in [1.807, 2.05) is 6.07 Å². The fraction of sp³-hybridized carbons (Fsp3) is 0.375. The third-order valence-corrected chi connectivity index (χ3v) is 6.00. The first kappa shape index (κ1) is 20.9. The number of hydrogen-bond donors (Lipinski definition) is 1. The van der Waals surface area contributed by atoms with Crippen molar-refractivity contribution in [3.63, 3.8) is 0 Å². The number of nitrogens with one attached hydrogen (secondary N) is 1. The van der Waals surface area contributed by atoms with Gasteiger partial charge in [-0.1, -0.05) is 22.9 Å². The largest absolute Gasteiger partial charge is 0.346 e. The van der Waals surface area contributed by atoms with Crippen LogP contribution in [0.25, 0.3) is 6.08 Å². The number of allylic oxidation sites excluding steroid dienone is 1. The number of rotatable bonds is 9. The number of unbranched alkanes of at least 4 members (excludes halogenated alkanes) is 1. The molecule has 0 unspecified atom stereocenters. The molecule has 1 amide bonds. The Morgan fingerprint density at radius 2 is 2.12 bits per heavy atom. The van der Waals surface area contributed by atoms with Gasteiger partial charge in [0.15, 0.2) is 5.69 Å². The maximum atomic E-state index is 12.3. The highest BCUT2D eigenvalue weighted by Crippen LogP contribution is 2.41. The van der Waals surface area contributed by atoms with E-state index in [0.29, 0.717) is 18.8 Å². The first-order valence-electron chi connectivity index (χ1n) is 11.3. The topological polar surface area (TPSA) is 122 Å². The highest BCUT2D eigenvalue weighted by atomic mass is 16.2. The molecule has 0 aliphatic heterocycles. The second-order valence-electron chi connectivity index (χ2n) is 8.58. The van der Waals surface area contributed by atoms with E-state index >= 15 is 0 Å². The number of pyridine rings is 1. The van der Waals surface area contributed by atoms with Crippen molar-refractivity contribution in [2.45, 2.75) is 51.6 Å². The van der Waals surface area contributed by atoms with Crippen molar-refractivity contribution in [2.75, 3.05) is 0 Å². The molecule has 0 atom stereocenters. The normalized spacial score (nSPS) is 14.5. The van der Waals surface area contributed by atoms with Crippen LogP contribution in [0.4, 0.5) is 0 Å². The molecule has 33 heavy (non-hydrogen) atoms. The highest BCUT2D eigenvalue weighted by molar-refractivity contribution is 5.91. The summed E-state index contributed by atoms with van der Waals surface area (Å²) in [5.74, 6) is 0.489. The molecule has 5 rings (SSSR count). The molecule has 2 aliphatic rings. The van der Waals surface area contributed by atoms with E-state index in [0.717, 1.165) is 48.6 Å². The zero-order chi connectivity index (χ0) is 22.6. The summed E-state index contributed by atoms with van der Waals surface area (Å²) in [4.78, 5) is 16.3. The summed E-state index contributed by atoms with van der Waals surface area (Å²) >= 11 is 0. The predicted octanol–water partition coefficient (Wildman–Crippen LogP) is 2.64. The number of nitriles is 1. The van der Waals surface area contributed by atoms with Gasteiger partial charge in [0, 0.05) is 25.7 Å². The summed E-state index contributed by atoms with van der Waals surface area (Å²) in [6.45, 7) is 0.994. The average Bonchev–Trinajstić information content (AvgIpc) is 3.43. The molecule has 9 nitrogen and oxygen atoms in total. The molecule has 3 heterocycles. The molecule has 0 bridgehead atoms. The summed E-state index contributed by atoms with van der Waals surface area (Å²) < 4.78 is 1.69. The predicted molar refractivity (Wildman–Crippen MR) is 120 cm³/mol. The summed E-state index contributed by atoms with van der Waals surface area (Å²) in [6, 6.07) is 7.53. The smallest absolute Gasteiger partial charge is 0.273 e. The third kappa shape index (κ3) is 5.12. The maximum absolute atomic E-state index is 12.3. The quantitative estimate of drug-likeness (QED) is 0.508. The minimum atomic E-state index is -0.294. The molecule has 1 saturated carbocycles. The number of fused-ring (bicyclic) bond motifs is 1. The monoisotopic (exact) mass is 440 g/mol. The van der Waals surface area contributed by atoms with Crippen LogP contribution in [0.1, 0.15) is 64.4 Å². The molecule has 0 spiro atoms. The number of aryl methyl sites for hydroxylation is 2. The van der Waals surface area contributed by atoms with Crippen LogP contribution in [0, 0.1) is 17.2 Å². The van der Waals surface area contributed by atoms with Crippen LogP contribution in [0.2, 0.25) is 0 Å². The zero-order valence-corrected chi connectivity index (χ0v) is 18.2. The lowest BCUT2D eigenvalue weighted by Crippen LogP contribution is -2.23. The highest BCUT2D eigenvalue weighted by Gasteiger charge is 2.29. The van der Waals surface area contributed by atoms with E-state index in [2.05, 4.69) is 43.0 Å². The Kier molecular flexibility index (Phi) is 5.89. The molecule has 0 saturated heterocycles. The van der Waals surface area contributed by atoms with Crippen LogP contribution in [-0.4, -0.2) is 36.1 Å². The van der Waals surface area contributed by atoms with Crippen molar-refractivity contribution in [2.24, 2.45) is 5.92 Å². The number of nitrogens with zero attached hydrogens (tertiary/aromatic N) is 7. The van der Waals surface area contributed by atoms with Gasteiger partial charge < -0.3 is 5.32 Å². The number of carbonyl (C=O) groups excluding carboxylic acids is 1. The van der Waals surface area contributed by atoms with Gasteiger partial charge in [0.05, 0.1) is 17.6 Å². The van der Waals surface area contributed by atoms with E-state index in [1.54, 1.807) is 29.2 Å². The fourth-order valence-electron chi connectivity index (χ4n) is 3.98. The number of carbonyl (C=O) groups is 1. The standard InChI is InChI=1S/C24H24N8O/c25-12-21-7-4-16(13-26-21)14-27-24(33)23-15-32(31-30-23)8-2-1-3-20-10-19-9-18(17-5-6-17)11-22(19)29-28-20/h4,7,9-10,13,15,17H,1-3,5-6,8,11,14H2,(H,27,33). The molecule has 1 N–H and O–H groups in total. The first-order valence-corrected chi connectivity index (χ1v) is 11.3. The Hall–Kier alpha value is -3.93. The molecular formula is C24H24N8O. The summed E-state index contributed by atoms with van der Waals surface area (Å²) in [5.41, 5.74) is 6.34. The molecule has 3 aromatic rings. The lowest BCUT2D eigenvalue weighted by molar-refractivity contribution is 0.0946. The summed E-state index contributed by atoms with van der Waals surface area (Å²) in [5, 5.41) is 28.4. The van der Waals surface area contributed by atoms with Gasteiger partial charge in [0.1, 0.15) is 11.8 Å². The van der Waals surface area contributed by atoms with E-state index in [-0.39, 0.29) is 11.6 Å². The minimum absolute atomic E-state index is 0.277. The van der Waals surface area contributed by atoms with Crippen molar-refractivity contribution in [1.82, 2.24) is 35.5 Å². The van der Waals surface area contributed by atoms with E-state index in [9.17, 15) is 4.79 Å². The van der Waals surface area contributed by atoms with Gasteiger partial charge in [-0.3, -0.25) is 9.48 Å². The number of amides is 1. The fourth-order valence-corrected chi connectivity index (χ4v) is 3.98. The molecule has 166 valence electrons. The molecule has 0 aromatic carbocycles. The molecular weight excluding hydrogens is 416 g/mol. The molecule has 3 aromatic heterocycles. The van der Waals surface area contributed by atoms with E-state index in [1.165, 1.54) is 24.0 Å². The Labute approximate surface area is 191 Å². The van der Waals surface area contributed by atoms with Gasteiger partial charge in [-0.2, -0.15) is 15.5 Å². The Morgan fingerprint density at radius 3 is 2.91 bits per heavy atom. The summed E-state index contributed by atoms with van der Waals surface area (Å²) in [6.07, 6.45) is 11.9. The molecule has 2 aliphatic carbocycles. The van der Waals surface area contributed by atoms with Crippen molar-refractivity contribution >= 4 is 12.0 Å². The SMILES string of the molecule is N#Cc1ccc(CNC(=O)c2cn(CCCCc3cc4c(nn3)CC(C3CC3)=C4)nn2)cn1. The van der Waals surface area contributed by atoms with E-state index in [4.69, 9.17) is 5.26 Å². The lowest BCUT2D eigenvalue weighted by Gasteiger charge is -2.03. The zero-order valence-electron chi connectivity index (χ0n) is 18.2. The Balaban J connectivity index is 1.06. The second kappa shape index (κ2) is 9.28. The average molecular weight is 441 g/mol. The van der Waals surface area contributed by atoms with Crippen LogP contribution >= 0.6 is 0 Å². The Bertz CT molecular complexity index is 1230. The molecule has 9 heteroatoms. The number of hydrogen-bond acceptors (Lipinski definition) is 7. The van der Waals surface area contributed by atoms with Crippen molar-refractivity contribution in [1.29, 1.82) is 5.26 Å². The second-order valence-corrected chi connectivity index (χ2v) is 8.58. The van der Waals surface area contributed by atoms with Crippen molar-refractivity contribution in [3.05, 3.63) is 70.1 Å². The first-order chi connectivity index (χ1) is 16.2. The third-order valence-electron chi connectivity index (χ3n) is 6.00. The van der Waals surface area contributed by atoms with Gasteiger partial charge in [-0.15, -0.1) is 5.10 Å². The lowest BCUT2D eigenvalue weighted by atomic mass is 10.1. The van der Waals surface area contributed by atoms with Crippen LogP contribution in [0.15, 0.2) is 36.2 Å². The summed E-state index contributed by atoms with van der Waals surface area (Å²) in [7, 11) is 0. The van der Waals surface area contributed by atoms with E-state index < -0.39 is 0 Å². The Morgan fingerprint density at radius 1 is 1.21 bits per heavy atom. The molecule has 1 fully saturated rings. The van der Waals surface area contributed by atoms with Gasteiger partial charge in [-0.25, -0.2) is 4.98 Å². The minimum Gasteiger partial charge on any atom is -0.346 e. The van der Waals surface area contributed by atoms with Crippen LogP contribution in [0.5, 0.6) is 0 Å². The van der Waals surface area contributed by atoms with Crippen molar-refractivity contribution in [3.8, 4) is 6.07 Å². The van der Waals surface area contributed by atoms with Crippen molar-refractivity contribution < 1.29 is 4.79 Å². The van der Waals surface area contributed by atoms with Crippen LogP contribution in [0.3, 0.4) is 0 Å². The number of aromatic nitrogens is 6. The van der Waals surface area contributed by atoms with Gasteiger partial charge in [0.25, 0.3) is 5.91 Å². The maximum Gasteiger partial charge on any atom is 0.273 e. The van der Waals surface area contributed by atoms with Gasteiger partial charge >= 0.3 is 0 Å². The molecule has 0 radical (unpaired) electrons.